The number of hydrogen-bond acceptors (Lipinski definition) is 25. The number of carbonyl (C=O) groups excluding carboxylic acids is 1. The van der Waals surface area contributed by atoms with Gasteiger partial charge >= 0.3 is 27.0 Å². The lowest BCUT2D eigenvalue weighted by Gasteiger charge is -2.39. The molecule has 4 aromatic heterocycles. The third-order valence-corrected chi connectivity index (χ3v) is 24.4. The van der Waals surface area contributed by atoms with Gasteiger partial charge in [-0.2, -0.15) is 10.2 Å². The molecule has 1 amide bonds. The number of fused-ring (bicyclic) bond motifs is 1. The van der Waals surface area contributed by atoms with Gasteiger partial charge < -0.3 is 46.5 Å². The summed E-state index contributed by atoms with van der Waals surface area (Å²) in [7, 11) is -10.2. The first-order valence-corrected chi connectivity index (χ1v) is 41.3. The molecule has 0 radical (unpaired) electrons. The Labute approximate surface area is 664 Å². The second-order valence-electron chi connectivity index (χ2n) is 28.0. The van der Waals surface area contributed by atoms with E-state index in [1.165, 1.54) is 87.8 Å². The number of aromatic amines is 3. The first-order valence-electron chi connectivity index (χ1n) is 36.4. The highest BCUT2D eigenvalue weighted by Crippen LogP contribution is 2.59. The summed E-state index contributed by atoms with van der Waals surface area (Å²) >= 11 is 13.5. The Hall–Kier alpha value is -9.00. The van der Waals surface area contributed by atoms with E-state index in [1.54, 1.807) is 50.2 Å². The number of ether oxygens (including phenoxy) is 6. The molecule has 0 bridgehead atoms. The SMILES string of the molecule is COc1ccc(C(OC[C@@H]2O[C@@H](n3cc(C)c(=O)[nH]c3=O)C[C@@H]2C(OP(=O)(O)Oc2ccccc2Cl)[C@@H]2O[C@@H](n3cc(C)c(=O)[nH]c3=O)C[C@@H]2OP(=O)(OC[C@H]2O[C@@H](n3cnc4c(=O)[nH]c(NC(=O)C(C)C)nc43)C[C@@H]2OP(OCCC#N)N(C(C)C)C(C)C)Oc2ccccc2Cl)(c2ccccc2)c2ccc(OC)cc2)cc1. The zero-order valence-corrected chi connectivity index (χ0v) is 67.8. The number of phosphoric acid groups is 2. The van der Waals surface area contributed by atoms with Crippen LogP contribution < -0.4 is 51.9 Å². The van der Waals surface area contributed by atoms with E-state index < -0.39 is 151 Å². The first kappa shape index (κ1) is 84.4. The average Bonchev–Trinajstić information content (AvgIpc) is 0.948. The van der Waals surface area contributed by atoms with Crippen LogP contribution in [0.1, 0.15) is 114 Å². The molecule has 12 rings (SSSR count). The number of nitrogens with one attached hydrogen (secondary N) is 4. The molecular formula is C76H86Cl2N11O22P3. The minimum atomic E-state index is -5.67. The maximum Gasteiger partial charge on any atom is 0.530 e. The van der Waals surface area contributed by atoms with E-state index in [0.717, 1.165) is 9.13 Å². The summed E-state index contributed by atoms with van der Waals surface area (Å²) in [6, 6.07) is 36.7. The summed E-state index contributed by atoms with van der Waals surface area (Å²) in [5.74, 6) is -2.13. The van der Waals surface area contributed by atoms with Crippen LogP contribution in [-0.4, -0.2) is 137 Å². The first-order chi connectivity index (χ1) is 54.5. The number of imidazole rings is 1. The number of halogens is 2. The van der Waals surface area contributed by atoms with Crippen LogP contribution in [0.4, 0.5) is 5.95 Å². The molecule has 3 saturated heterocycles. The molecule has 3 aliphatic heterocycles. The van der Waals surface area contributed by atoms with Crippen molar-refractivity contribution >= 4 is 70.4 Å². The molecule has 3 aliphatic rings. The lowest BCUT2D eigenvalue weighted by Crippen LogP contribution is -2.47. The highest BCUT2D eigenvalue weighted by molar-refractivity contribution is 7.49. The van der Waals surface area contributed by atoms with Gasteiger partial charge in [-0.05, 0) is 107 Å². The molecule has 606 valence electrons. The van der Waals surface area contributed by atoms with Gasteiger partial charge in [-0.3, -0.25) is 71.6 Å². The Morgan fingerprint density at radius 2 is 1.23 bits per heavy atom. The van der Waals surface area contributed by atoms with Crippen LogP contribution in [0.5, 0.6) is 23.0 Å². The van der Waals surface area contributed by atoms with Gasteiger partial charge in [0.05, 0.1) is 75.1 Å². The van der Waals surface area contributed by atoms with E-state index in [2.05, 4.69) is 36.3 Å². The van der Waals surface area contributed by atoms with Gasteiger partial charge in [0, 0.05) is 66.7 Å². The van der Waals surface area contributed by atoms with Gasteiger partial charge in [-0.25, -0.2) is 28.4 Å². The lowest BCUT2D eigenvalue weighted by molar-refractivity contribution is -0.124. The van der Waals surface area contributed by atoms with Crippen molar-refractivity contribution in [3.63, 3.8) is 0 Å². The van der Waals surface area contributed by atoms with Crippen molar-refractivity contribution in [1.29, 1.82) is 5.26 Å². The number of H-pyrrole nitrogens is 3. The molecule has 13 atom stereocenters. The van der Waals surface area contributed by atoms with Gasteiger partial charge in [-0.1, -0.05) is 116 Å². The largest absolute Gasteiger partial charge is 0.530 e. The predicted octanol–water partition coefficient (Wildman–Crippen LogP) is 12.1. The van der Waals surface area contributed by atoms with Crippen molar-refractivity contribution in [1.82, 2.24) is 43.3 Å². The highest BCUT2D eigenvalue weighted by atomic mass is 35.5. The van der Waals surface area contributed by atoms with Crippen molar-refractivity contribution in [2.75, 3.05) is 39.4 Å². The standard InChI is InChI=1S/C76H86Cl2N11O22P3/c1-43(2)69(90)82-73-81-68-65(72(93)83-73)80-42-88(68)64-36-58(107-112(102-34-18-33-79)89(44(3)4)45(5)6)61(105-64)41-103-114(98,109-57-24-17-15-22-55(57)78)110-59-37-63(87-39-47(8)71(92)85-75(87)95)106-67(59)66(111-113(96,97)108-56-23-16-14-21-54(56)77)53-35-62(86-38-46(7)70(91)84-74(86)94)104-60(53)40-101-76(48-19-12-11-13-20-48,49-25-29-51(99-9)30-26-49)50-27-31-52(100-10)32-28-50/h11-17,19-32,38-39,42-45,53,58-64,66-67H,18,34-37,40-41H2,1-10H3,(H,96,97)(H,84,91,94)(H,85,92,95)(H2,81,82,83,90,93)/t53-,58-,59-,60-,61+,62+,63+,64+,66?,67+,112?,114?/m0/s1. The Morgan fingerprint density at radius 3 is 1.79 bits per heavy atom. The molecule has 7 heterocycles. The number of amides is 1. The number of hydrogen-bond donors (Lipinski definition) is 5. The number of rotatable bonds is 34. The summed E-state index contributed by atoms with van der Waals surface area (Å²) in [5.41, 5.74) is -3.99. The van der Waals surface area contributed by atoms with Crippen molar-refractivity contribution in [3.8, 4) is 29.1 Å². The molecule has 114 heavy (non-hydrogen) atoms. The van der Waals surface area contributed by atoms with Crippen LogP contribution in [0.3, 0.4) is 0 Å². The molecule has 0 saturated carbocycles. The van der Waals surface area contributed by atoms with E-state index in [-0.39, 0.29) is 87.7 Å². The summed E-state index contributed by atoms with van der Waals surface area (Å²) in [5, 5.41) is 12.1. The predicted molar refractivity (Wildman–Crippen MR) is 418 cm³/mol. The lowest BCUT2D eigenvalue weighted by atomic mass is 9.79. The number of phosphoric ester groups is 2. The van der Waals surface area contributed by atoms with Crippen LogP contribution in [0.25, 0.3) is 11.2 Å². The number of anilines is 1. The van der Waals surface area contributed by atoms with Gasteiger partial charge in [-0.15, -0.1) is 0 Å². The Morgan fingerprint density at radius 1 is 0.693 bits per heavy atom. The number of nitrogens with zero attached hydrogens (tertiary/aromatic N) is 7. The van der Waals surface area contributed by atoms with E-state index in [1.807, 2.05) is 87.0 Å². The summed E-state index contributed by atoms with van der Waals surface area (Å²) in [6.07, 6.45) is -11.0. The summed E-state index contributed by atoms with van der Waals surface area (Å²) < 4.78 is 123. The van der Waals surface area contributed by atoms with Gasteiger partial charge in [0.1, 0.15) is 71.7 Å². The third-order valence-electron chi connectivity index (χ3n) is 19.3. The van der Waals surface area contributed by atoms with Gasteiger partial charge in [0.15, 0.2) is 11.2 Å². The maximum absolute atomic E-state index is 16.8. The topological polar surface area (TPSA) is 404 Å². The van der Waals surface area contributed by atoms with Crippen LogP contribution in [0, 0.1) is 37.0 Å². The molecule has 5 N–H and O–H groups in total. The number of carbonyl (C=O) groups is 1. The van der Waals surface area contributed by atoms with E-state index in [0.29, 0.717) is 28.2 Å². The van der Waals surface area contributed by atoms with Crippen LogP contribution >= 0.6 is 47.4 Å². The van der Waals surface area contributed by atoms with Crippen molar-refractivity contribution in [3.05, 3.63) is 236 Å². The zero-order chi connectivity index (χ0) is 81.5. The Balaban J connectivity index is 1.01. The molecule has 38 heteroatoms. The number of nitriles is 1. The Kier molecular flexibility index (Phi) is 27.0. The molecule has 0 spiro atoms. The second-order valence-corrected chi connectivity index (χ2v) is 33.1. The molecular weight excluding hydrogens is 1580 g/mol. The molecule has 4 unspecified atom stereocenters. The average molecular weight is 1670 g/mol. The van der Waals surface area contributed by atoms with Gasteiger partial charge in [0.2, 0.25) is 11.9 Å². The second kappa shape index (κ2) is 36.4. The minimum Gasteiger partial charge on any atom is -0.497 e. The molecule has 33 nitrogen and oxygen atoms in total. The number of methoxy groups -OCH3 is 2. The number of benzene rings is 5. The summed E-state index contributed by atoms with van der Waals surface area (Å²) in [4.78, 5) is 110. The normalized spacial score (nSPS) is 21.4. The maximum atomic E-state index is 16.8. The molecule has 3 fully saturated rings. The van der Waals surface area contributed by atoms with Crippen LogP contribution in [0.2, 0.25) is 10.0 Å². The molecule has 9 aromatic rings. The smallest absolute Gasteiger partial charge is 0.497 e. The van der Waals surface area contributed by atoms with E-state index in [9.17, 15) is 38.9 Å². The number of para-hydroxylation sites is 2. The van der Waals surface area contributed by atoms with E-state index >= 15 is 9.13 Å². The van der Waals surface area contributed by atoms with Crippen molar-refractivity contribution in [2.24, 2.45) is 11.8 Å². The summed E-state index contributed by atoms with van der Waals surface area (Å²) in [6.45, 7) is 12.6. The number of aromatic nitrogens is 8. The Bertz CT molecular complexity index is 5300. The molecule has 0 aliphatic carbocycles. The van der Waals surface area contributed by atoms with Gasteiger partial charge in [0.25, 0.3) is 25.2 Å². The van der Waals surface area contributed by atoms with Crippen LogP contribution in [-0.2, 0) is 61.1 Å². The quantitative estimate of drug-likeness (QED) is 0.0142. The van der Waals surface area contributed by atoms with E-state index in [4.69, 9.17) is 83.3 Å². The zero-order valence-electron chi connectivity index (χ0n) is 63.6. The third kappa shape index (κ3) is 19.1. The molecule has 5 aromatic carbocycles. The number of aryl methyl sites for hydroxylation is 2. The minimum absolute atomic E-state index is 0.0134. The van der Waals surface area contributed by atoms with Crippen molar-refractivity contribution < 1.29 is 78.9 Å². The van der Waals surface area contributed by atoms with Crippen LogP contribution in [0.15, 0.2) is 170 Å². The fourth-order valence-electron chi connectivity index (χ4n) is 13.8. The fourth-order valence-corrected chi connectivity index (χ4v) is 18.5. The van der Waals surface area contributed by atoms with Crippen molar-refractivity contribution in [2.45, 2.75) is 154 Å². The highest BCUT2D eigenvalue weighted by Gasteiger charge is 2.57. The fraction of sp³-hybridized carbons (Fsp3) is 0.408. The monoisotopic (exact) mass is 1670 g/mol.